The molecule has 0 unspecified atom stereocenters. The van der Waals surface area contributed by atoms with Crippen molar-refractivity contribution in [3.63, 3.8) is 0 Å². The Morgan fingerprint density at radius 2 is 0.750 bits per heavy atom. The van der Waals surface area contributed by atoms with E-state index in [4.69, 9.17) is 28.0 Å². The summed E-state index contributed by atoms with van der Waals surface area (Å²) in [5.41, 5.74) is 22.0. The third-order valence-corrected chi connectivity index (χ3v) is 16.8. The minimum Gasteiger partial charge on any atom is -0.508 e. The molecule has 29 nitrogen and oxygen atoms in total. The predicted octanol–water partition coefficient (Wildman–Crippen LogP) is 1.70. The summed E-state index contributed by atoms with van der Waals surface area (Å²) >= 11 is 0. The number of guanidine groups is 2. The number of carboxylic acids is 1. The van der Waals surface area contributed by atoms with E-state index in [0.29, 0.717) is 22.3 Å². The number of H-pyrrole nitrogens is 2. The second kappa shape index (κ2) is 36.7. The van der Waals surface area contributed by atoms with Gasteiger partial charge in [-0.3, -0.25) is 49.2 Å². The van der Waals surface area contributed by atoms with E-state index < -0.39 is 119 Å². The number of hydrogen-bond donors (Lipinski definition) is 20. The summed E-state index contributed by atoms with van der Waals surface area (Å²) in [6.45, 7) is 6.84. The van der Waals surface area contributed by atoms with Gasteiger partial charge in [-0.15, -0.1) is 0 Å². The second-order valence-corrected chi connectivity index (χ2v) is 25.3. The lowest BCUT2D eigenvalue weighted by Crippen LogP contribution is -2.62. The molecule has 5 aromatic carbocycles. The summed E-state index contributed by atoms with van der Waals surface area (Å²) in [5, 5.41) is 74.9. The lowest BCUT2D eigenvalue weighted by atomic mass is 9.98. The van der Waals surface area contributed by atoms with Crippen molar-refractivity contribution in [3.8, 4) is 11.5 Å². The van der Waals surface area contributed by atoms with E-state index in [2.05, 4.69) is 63.1 Å². The fourth-order valence-corrected chi connectivity index (χ4v) is 11.4. The molecule has 7 rings (SSSR count). The molecule has 0 aliphatic carbocycles. The number of amides is 8. The van der Waals surface area contributed by atoms with E-state index >= 15 is 0 Å². The van der Waals surface area contributed by atoms with Gasteiger partial charge in [-0.2, -0.15) is 0 Å². The first-order valence-corrected chi connectivity index (χ1v) is 33.0. The standard InChI is InChI=1S/C71H91N17O12/c1-39(2)59(87-61(91)50(72)35-44-37-79-51-18-10-8-16-48(44)51)67(97)82-54(21-13-31-78-71(75)76)63(93)84-57(32-41-14-6-5-7-15-41)66(96)88-60(40(3)4)68(98)85-56(34-43-24-28-47(90)29-25-43)64(94)81-53(20-12-30-77-70(73)74)62(92)83-55(33-42-22-26-46(89)27-23-42)65(95)86-58(69(99)100)36-45-38-80-52-19-11-9-17-49(45)52/h5-11,14-19,22-29,37-40,50,53-60,79-80,89-90H,12-13,20-21,30-36,72H2,1-4H3,(H,81,94)(H,82,97)(H,83,92)(H,84,93)(H,85,98)(H,86,95)(H,87,91)(H,88,96)(H,99,100)(H4,73,74,77)(H4,75,76,78)/t50-,53-,54-,55-,56-,57-,58-,59-,60-/m0/s1. The zero-order valence-corrected chi connectivity index (χ0v) is 56.2. The average Bonchev–Trinajstić information content (AvgIpc) is 1.63. The van der Waals surface area contributed by atoms with Crippen LogP contribution in [0.1, 0.15) is 81.2 Å². The summed E-state index contributed by atoms with van der Waals surface area (Å²) in [7, 11) is 0. The molecule has 2 aromatic heterocycles. The summed E-state index contributed by atoms with van der Waals surface area (Å²) in [5.74, 6) is -10.1. The molecular weight excluding hydrogens is 1280 g/mol. The number of carbonyl (C=O) groups excluding carboxylic acids is 8. The number of nitrogens with one attached hydrogen (secondary N) is 14. The van der Waals surface area contributed by atoms with Crippen molar-refractivity contribution in [2.24, 2.45) is 29.0 Å². The smallest absolute Gasteiger partial charge is 0.326 e. The van der Waals surface area contributed by atoms with Gasteiger partial charge >= 0.3 is 5.97 Å². The molecule has 0 bridgehead atoms. The van der Waals surface area contributed by atoms with Crippen LogP contribution < -0.4 is 70.4 Å². The molecule has 0 aliphatic rings. The Labute approximate surface area is 578 Å². The highest BCUT2D eigenvalue weighted by molar-refractivity contribution is 5.99. The van der Waals surface area contributed by atoms with E-state index in [-0.39, 0.29) is 94.3 Å². The van der Waals surface area contributed by atoms with Crippen molar-refractivity contribution in [1.29, 1.82) is 10.8 Å². The van der Waals surface area contributed by atoms with E-state index in [1.165, 1.54) is 48.5 Å². The predicted molar refractivity (Wildman–Crippen MR) is 377 cm³/mol. The number of phenols is 2. The Morgan fingerprint density at radius 3 is 1.17 bits per heavy atom. The molecule has 9 atom stereocenters. The number of hydrogen-bond acceptors (Lipinski definition) is 14. The lowest BCUT2D eigenvalue weighted by Gasteiger charge is -2.30. The molecule has 7 aromatic rings. The van der Waals surface area contributed by atoms with Gasteiger partial charge in [-0.25, -0.2) is 4.79 Å². The molecule has 0 fully saturated rings. The first-order valence-electron chi connectivity index (χ1n) is 33.0. The van der Waals surface area contributed by atoms with Gasteiger partial charge < -0.3 is 95.7 Å². The number of fused-ring (bicyclic) bond motifs is 2. The maximum atomic E-state index is 15.0. The zero-order valence-electron chi connectivity index (χ0n) is 56.2. The summed E-state index contributed by atoms with van der Waals surface area (Å²) in [4.78, 5) is 136. The average molecular weight is 1370 g/mol. The van der Waals surface area contributed by atoms with E-state index in [1.54, 1.807) is 82.6 Å². The molecule has 29 heteroatoms. The van der Waals surface area contributed by atoms with Crippen molar-refractivity contribution >= 4 is 87.0 Å². The van der Waals surface area contributed by atoms with Gasteiger partial charge in [0.15, 0.2) is 11.9 Å². The SMILES string of the molecule is CC(C)[C@H](NC(=O)[C@H](Cc1ccccc1)NC(=O)[C@H](CCCNC(=N)N)NC(=O)[C@@H](NC(=O)[C@@H](N)Cc1c[nH]c2ccccc12)C(C)C)C(=O)N[C@@H](Cc1ccc(O)cc1)C(=O)N[C@@H](CCCNC(=N)N)C(=O)N[C@@H](Cc1ccc(O)cc1)C(=O)N[C@@H](Cc1c[nH]c2ccccc12)C(=O)O. The van der Waals surface area contributed by atoms with Crippen LogP contribution in [0.3, 0.4) is 0 Å². The minimum atomic E-state index is -1.53. The first kappa shape index (κ1) is 75.9. The van der Waals surface area contributed by atoms with Crippen LogP contribution in [0.5, 0.6) is 11.5 Å². The number of aromatic amines is 2. The fourth-order valence-electron chi connectivity index (χ4n) is 11.4. The molecule has 0 aliphatic heterocycles. The van der Waals surface area contributed by atoms with Crippen LogP contribution in [0.15, 0.2) is 140 Å². The van der Waals surface area contributed by atoms with Crippen molar-refractivity contribution in [3.05, 3.63) is 168 Å². The monoisotopic (exact) mass is 1370 g/mol. The summed E-state index contributed by atoms with van der Waals surface area (Å²) < 4.78 is 0. The maximum Gasteiger partial charge on any atom is 0.326 e. The number of rotatable bonds is 37. The highest BCUT2D eigenvalue weighted by Gasteiger charge is 2.37. The maximum absolute atomic E-state index is 15.0. The number of nitrogens with two attached hydrogens (primary N) is 3. The number of aliphatic carboxylic acids is 1. The quantitative estimate of drug-likeness (QED) is 0.0150. The normalized spacial score (nSPS) is 13.9. The van der Waals surface area contributed by atoms with Gasteiger partial charge in [0, 0.05) is 73.0 Å². The molecule has 23 N–H and O–H groups in total. The summed E-state index contributed by atoms with van der Waals surface area (Å²) in [6.07, 6.45) is 2.88. The van der Waals surface area contributed by atoms with Crippen LogP contribution in [0.4, 0.5) is 0 Å². The number of aromatic nitrogens is 2. The van der Waals surface area contributed by atoms with Gasteiger partial charge in [0.25, 0.3) is 0 Å². The van der Waals surface area contributed by atoms with Crippen molar-refractivity contribution in [1.82, 2.24) is 63.1 Å². The Hall–Kier alpha value is -11.5. The second-order valence-electron chi connectivity index (χ2n) is 25.3. The molecule has 0 saturated heterocycles. The van der Waals surface area contributed by atoms with Crippen LogP contribution in [-0.4, -0.2) is 158 Å². The highest BCUT2D eigenvalue weighted by Crippen LogP contribution is 2.22. The van der Waals surface area contributed by atoms with E-state index in [1.807, 2.05) is 36.4 Å². The Bertz CT molecular complexity index is 3970. The number of para-hydroxylation sites is 2. The molecule has 0 spiro atoms. The summed E-state index contributed by atoms with van der Waals surface area (Å²) in [6, 6.07) is 22.4. The van der Waals surface area contributed by atoms with Crippen LogP contribution in [0.2, 0.25) is 0 Å². The number of aromatic hydroxyl groups is 2. The van der Waals surface area contributed by atoms with Crippen molar-refractivity contribution < 1.29 is 58.5 Å². The largest absolute Gasteiger partial charge is 0.508 e. The first-order chi connectivity index (χ1) is 47.7. The lowest BCUT2D eigenvalue weighted by molar-refractivity contribution is -0.142. The van der Waals surface area contributed by atoms with Crippen molar-refractivity contribution in [2.45, 2.75) is 140 Å². The fraction of sp³-hybridized carbons (Fsp3) is 0.366. The Morgan fingerprint density at radius 1 is 0.410 bits per heavy atom. The Balaban J connectivity index is 1.12. The van der Waals surface area contributed by atoms with Gasteiger partial charge in [0.2, 0.25) is 47.3 Å². The van der Waals surface area contributed by atoms with Gasteiger partial charge in [0.05, 0.1) is 6.04 Å². The molecule has 532 valence electrons. The third-order valence-electron chi connectivity index (χ3n) is 16.8. The van der Waals surface area contributed by atoms with Gasteiger partial charge in [-0.1, -0.05) is 119 Å². The molecule has 100 heavy (non-hydrogen) atoms. The molecular formula is C71H91N17O12. The highest BCUT2D eigenvalue weighted by atomic mass is 16.4. The van der Waals surface area contributed by atoms with Crippen LogP contribution in [0, 0.1) is 22.7 Å². The molecule has 0 saturated carbocycles. The third kappa shape index (κ3) is 22.8. The zero-order chi connectivity index (χ0) is 72.6. The number of carbonyl (C=O) groups is 9. The van der Waals surface area contributed by atoms with E-state index in [0.717, 1.165) is 27.4 Å². The Kier molecular flexibility index (Phi) is 27.9. The number of carboxylic acid groups (broad SMARTS) is 1. The van der Waals surface area contributed by atoms with Crippen molar-refractivity contribution in [2.75, 3.05) is 13.1 Å². The van der Waals surface area contributed by atoms with Crippen LogP contribution in [0.25, 0.3) is 21.8 Å². The van der Waals surface area contributed by atoms with Crippen LogP contribution >= 0.6 is 0 Å². The van der Waals surface area contributed by atoms with Gasteiger partial charge in [0.1, 0.15) is 59.8 Å². The number of benzene rings is 5. The minimum absolute atomic E-state index is 0.0472. The van der Waals surface area contributed by atoms with Gasteiger partial charge in [-0.05, 0) is 108 Å². The number of phenolic OH excluding ortho intramolecular Hbond substituents is 2. The topological polar surface area (TPSA) is 492 Å². The molecule has 2 heterocycles. The molecule has 0 radical (unpaired) electrons. The van der Waals surface area contributed by atoms with Crippen LogP contribution in [-0.2, 0) is 75.3 Å². The van der Waals surface area contributed by atoms with E-state index in [9.17, 15) is 58.5 Å². The molecule has 8 amide bonds.